The molecule has 0 unspecified atom stereocenters. The van der Waals surface area contributed by atoms with Crippen molar-refractivity contribution in [1.82, 2.24) is 0 Å². The molecular formula is C17H17NO5S. The Labute approximate surface area is 143 Å². The number of benzene rings is 1. The van der Waals surface area contributed by atoms with E-state index < -0.39 is 24.5 Å². The number of rotatable bonds is 7. The fourth-order valence-electron chi connectivity index (χ4n) is 1.92. The summed E-state index contributed by atoms with van der Waals surface area (Å²) in [6, 6.07) is 10.1. The predicted molar refractivity (Wildman–Crippen MR) is 90.0 cm³/mol. The summed E-state index contributed by atoms with van der Waals surface area (Å²) in [5.41, 5.74) is 0.563. The third-order valence-corrected chi connectivity index (χ3v) is 3.84. The lowest BCUT2D eigenvalue weighted by molar-refractivity contribution is -0.146. The van der Waals surface area contributed by atoms with Crippen LogP contribution in [0.2, 0.25) is 0 Å². The van der Waals surface area contributed by atoms with Gasteiger partial charge in [0.25, 0.3) is 5.91 Å². The van der Waals surface area contributed by atoms with Gasteiger partial charge in [-0.3, -0.25) is 9.59 Å². The number of ether oxygens (including phenoxy) is 2. The molecule has 2 rings (SSSR count). The van der Waals surface area contributed by atoms with Crippen LogP contribution in [0.4, 0.5) is 5.69 Å². The molecule has 0 saturated carbocycles. The van der Waals surface area contributed by atoms with E-state index in [1.807, 2.05) is 17.5 Å². The van der Waals surface area contributed by atoms with E-state index >= 15 is 0 Å². The van der Waals surface area contributed by atoms with Crippen molar-refractivity contribution in [2.24, 2.45) is 0 Å². The molecule has 1 aromatic carbocycles. The Kier molecular flexibility index (Phi) is 6.51. The largest absolute Gasteiger partial charge is 0.462 e. The zero-order valence-corrected chi connectivity index (χ0v) is 13.9. The van der Waals surface area contributed by atoms with Gasteiger partial charge in [0.15, 0.2) is 6.61 Å². The van der Waals surface area contributed by atoms with Crippen molar-refractivity contribution in [1.29, 1.82) is 0 Å². The average Bonchev–Trinajstić information content (AvgIpc) is 3.06. The summed E-state index contributed by atoms with van der Waals surface area (Å²) < 4.78 is 9.87. The number of esters is 2. The average molecular weight is 347 g/mol. The third-order valence-electron chi connectivity index (χ3n) is 2.96. The van der Waals surface area contributed by atoms with Gasteiger partial charge in [0.05, 0.1) is 24.3 Å². The van der Waals surface area contributed by atoms with E-state index in [1.165, 1.54) is 11.3 Å². The number of amides is 1. The molecule has 7 heteroatoms. The van der Waals surface area contributed by atoms with Crippen LogP contribution >= 0.6 is 11.3 Å². The topological polar surface area (TPSA) is 81.7 Å². The highest BCUT2D eigenvalue weighted by Crippen LogP contribution is 2.16. The summed E-state index contributed by atoms with van der Waals surface area (Å²) in [4.78, 5) is 36.3. The van der Waals surface area contributed by atoms with Gasteiger partial charge in [-0.05, 0) is 30.5 Å². The Morgan fingerprint density at radius 1 is 1.08 bits per heavy atom. The van der Waals surface area contributed by atoms with Crippen LogP contribution < -0.4 is 5.32 Å². The van der Waals surface area contributed by atoms with E-state index in [-0.39, 0.29) is 18.6 Å². The number of carbonyl (C=O) groups excluding carboxylic acids is 3. The number of thiophene rings is 1. The van der Waals surface area contributed by atoms with Gasteiger partial charge in [-0.25, -0.2) is 4.79 Å². The zero-order chi connectivity index (χ0) is 17.4. The molecule has 0 radical (unpaired) electrons. The van der Waals surface area contributed by atoms with Gasteiger partial charge in [-0.15, -0.1) is 11.3 Å². The molecule has 0 aliphatic carbocycles. The van der Waals surface area contributed by atoms with Crippen molar-refractivity contribution in [2.45, 2.75) is 13.3 Å². The van der Waals surface area contributed by atoms with Crippen LogP contribution in [0.25, 0.3) is 0 Å². The molecule has 0 aliphatic rings. The summed E-state index contributed by atoms with van der Waals surface area (Å²) in [5, 5.41) is 4.41. The zero-order valence-electron chi connectivity index (χ0n) is 13.1. The standard InChI is InChI=1S/C17H17NO5S/c1-2-22-17(21)13-7-3-4-8-14(13)18-15(19)11-23-16(20)10-12-6-5-9-24-12/h3-9H,2,10-11H2,1H3,(H,18,19). The first-order chi connectivity index (χ1) is 11.6. The number of carbonyl (C=O) groups is 3. The lowest BCUT2D eigenvalue weighted by Gasteiger charge is -2.10. The van der Waals surface area contributed by atoms with Crippen LogP contribution in [0, 0.1) is 0 Å². The lowest BCUT2D eigenvalue weighted by Crippen LogP contribution is -2.22. The SMILES string of the molecule is CCOC(=O)c1ccccc1NC(=O)COC(=O)Cc1cccs1. The summed E-state index contributed by atoms with van der Waals surface area (Å²) in [7, 11) is 0. The van der Waals surface area contributed by atoms with Gasteiger partial charge in [-0.1, -0.05) is 18.2 Å². The first-order valence-corrected chi connectivity index (χ1v) is 8.22. The molecule has 1 heterocycles. The van der Waals surface area contributed by atoms with E-state index in [4.69, 9.17) is 9.47 Å². The predicted octanol–water partition coefficient (Wildman–Crippen LogP) is 2.65. The maximum atomic E-state index is 11.9. The van der Waals surface area contributed by atoms with Crippen LogP contribution in [0.1, 0.15) is 22.2 Å². The van der Waals surface area contributed by atoms with E-state index in [2.05, 4.69) is 5.32 Å². The smallest absolute Gasteiger partial charge is 0.340 e. The normalized spacial score (nSPS) is 10.0. The molecule has 2 aromatic rings. The minimum Gasteiger partial charge on any atom is -0.462 e. The minimum atomic E-state index is -0.525. The molecule has 6 nitrogen and oxygen atoms in total. The van der Waals surface area contributed by atoms with E-state index in [0.29, 0.717) is 5.69 Å². The molecule has 0 fully saturated rings. The first kappa shape index (κ1) is 17.7. The molecular weight excluding hydrogens is 330 g/mol. The molecule has 24 heavy (non-hydrogen) atoms. The van der Waals surface area contributed by atoms with Crippen molar-refractivity contribution >= 4 is 34.9 Å². The summed E-state index contributed by atoms with van der Waals surface area (Å²) >= 11 is 1.45. The highest BCUT2D eigenvalue weighted by Gasteiger charge is 2.15. The van der Waals surface area contributed by atoms with Crippen molar-refractivity contribution in [2.75, 3.05) is 18.5 Å². The summed E-state index contributed by atoms with van der Waals surface area (Å²) in [5.74, 6) is -1.53. The fraction of sp³-hybridized carbons (Fsp3) is 0.235. The van der Waals surface area contributed by atoms with Gasteiger partial charge >= 0.3 is 11.9 Å². The van der Waals surface area contributed by atoms with Gasteiger partial charge in [0.1, 0.15) is 0 Å². The molecule has 0 aliphatic heterocycles. The Balaban J connectivity index is 1.88. The van der Waals surface area contributed by atoms with E-state index in [1.54, 1.807) is 31.2 Å². The van der Waals surface area contributed by atoms with Crippen LogP contribution in [0.5, 0.6) is 0 Å². The van der Waals surface area contributed by atoms with Gasteiger partial charge < -0.3 is 14.8 Å². The second-order valence-electron chi connectivity index (χ2n) is 4.73. The van der Waals surface area contributed by atoms with Crippen molar-refractivity contribution in [3.8, 4) is 0 Å². The molecule has 1 amide bonds. The molecule has 0 bridgehead atoms. The maximum Gasteiger partial charge on any atom is 0.340 e. The van der Waals surface area contributed by atoms with Gasteiger partial charge in [0.2, 0.25) is 0 Å². The van der Waals surface area contributed by atoms with Gasteiger partial charge in [-0.2, -0.15) is 0 Å². The number of nitrogens with one attached hydrogen (secondary N) is 1. The van der Waals surface area contributed by atoms with Crippen LogP contribution in [-0.4, -0.2) is 31.1 Å². The van der Waals surface area contributed by atoms with E-state index in [9.17, 15) is 14.4 Å². The second-order valence-corrected chi connectivity index (χ2v) is 5.76. The first-order valence-electron chi connectivity index (χ1n) is 7.34. The number of anilines is 1. The molecule has 0 atom stereocenters. The third kappa shape index (κ3) is 5.20. The number of hydrogen-bond donors (Lipinski definition) is 1. The van der Waals surface area contributed by atoms with Crippen molar-refractivity contribution in [3.05, 3.63) is 52.2 Å². The Morgan fingerprint density at radius 3 is 2.58 bits per heavy atom. The second kappa shape index (κ2) is 8.83. The number of para-hydroxylation sites is 1. The highest BCUT2D eigenvalue weighted by molar-refractivity contribution is 7.10. The Hall–Kier alpha value is -2.67. The molecule has 0 spiro atoms. The maximum absolute atomic E-state index is 11.9. The van der Waals surface area contributed by atoms with Crippen molar-refractivity contribution in [3.63, 3.8) is 0 Å². The fourth-order valence-corrected chi connectivity index (χ4v) is 2.61. The Bertz CT molecular complexity index is 712. The van der Waals surface area contributed by atoms with Crippen LogP contribution in [0.15, 0.2) is 41.8 Å². The molecule has 1 N–H and O–H groups in total. The van der Waals surface area contributed by atoms with Crippen molar-refractivity contribution < 1.29 is 23.9 Å². The lowest BCUT2D eigenvalue weighted by atomic mass is 10.2. The molecule has 126 valence electrons. The quantitative estimate of drug-likeness (QED) is 0.779. The number of hydrogen-bond acceptors (Lipinski definition) is 6. The summed E-state index contributed by atoms with van der Waals surface area (Å²) in [6.45, 7) is 1.52. The minimum absolute atomic E-state index is 0.129. The highest BCUT2D eigenvalue weighted by atomic mass is 32.1. The van der Waals surface area contributed by atoms with Gasteiger partial charge in [0, 0.05) is 4.88 Å². The molecule has 1 aromatic heterocycles. The van der Waals surface area contributed by atoms with E-state index in [0.717, 1.165) is 4.88 Å². The van der Waals surface area contributed by atoms with Crippen LogP contribution in [-0.2, 0) is 25.5 Å². The summed E-state index contributed by atoms with van der Waals surface area (Å²) in [6.07, 6.45) is 0.129. The van der Waals surface area contributed by atoms with Crippen LogP contribution in [0.3, 0.4) is 0 Å². The Morgan fingerprint density at radius 2 is 1.88 bits per heavy atom. The monoisotopic (exact) mass is 347 g/mol. The molecule has 0 saturated heterocycles.